The van der Waals surface area contributed by atoms with Gasteiger partial charge in [0.1, 0.15) is 15.8 Å². The summed E-state index contributed by atoms with van der Waals surface area (Å²) >= 11 is 1.09. The van der Waals surface area contributed by atoms with Crippen molar-refractivity contribution in [3.63, 3.8) is 0 Å². The second kappa shape index (κ2) is 5.42. The number of carbonyl (C=O) groups is 1. The van der Waals surface area contributed by atoms with Gasteiger partial charge in [0.25, 0.3) is 0 Å². The first-order chi connectivity index (χ1) is 9.68. The summed E-state index contributed by atoms with van der Waals surface area (Å²) in [5, 5.41) is 10.6. The number of nitrogens with two attached hydrogens (primary N) is 2. The Hall–Kier alpha value is -1.99. The average molecular weight is 309 g/mol. The van der Waals surface area contributed by atoms with Gasteiger partial charge in [-0.15, -0.1) is 0 Å². The van der Waals surface area contributed by atoms with Crippen LogP contribution in [0.3, 0.4) is 0 Å². The van der Waals surface area contributed by atoms with E-state index in [0.29, 0.717) is 21.3 Å². The van der Waals surface area contributed by atoms with Crippen LogP contribution in [0.2, 0.25) is 0 Å². The van der Waals surface area contributed by atoms with Crippen LogP contribution in [0.4, 0.5) is 9.39 Å². The molecule has 112 valence electrons. The molecule has 1 aromatic carbocycles. The van der Waals surface area contributed by atoms with E-state index in [4.69, 9.17) is 11.5 Å². The summed E-state index contributed by atoms with van der Waals surface area (Å²) in [6.45, 7) is 3.15. The number of nitrogens with zero attached hydrogens (tertiary/aromatic N) is 1. The van der Waals surface area contributed by atoms with Gasteiger partial charge in [0.05, 0.1) is 17.7 Å². The first kappa shape index (κ1) is 15.4. The van der Waals surface area contributed by atoms with Crippen LogP contribution in [-0.4, -0.2) is 16.0 Å². The maximum Gasteiger partial charge on any atom is 0.223 e. The van der Waals surface area contributed by atoms with E-state index in [0.717, 1.165) is 11.3 Å². The standard InChI is InChI=1S/C14H16FN3O2S/c1-14(2,20)7-3-4-8(9(15)5-7)13-18-10(6-11(16)19)12(17)21-13/h3-5,20H,6,17H2,1-2H3,(H2,16,19). The highest BCUT2D eigenvalue weighted by Crippen LogP contribution is 2.33. The topological polar surface area (TPSA) is 102 Å². The molecule has 1 amide bonds. The monoisotopic (exact) mass is 309 g/mol. The first-order valence-electron chi connectivity index (χ1n) is 6.24. The van der Waals surface area contributed by atoms with Gasteiger partial charge in [0, 0.05) is 5.56 Å². The number of benzene rings is 1. The molecule has 2 aromatic rings. The van der Waals surface area contributed by atoms with E-state index in [1.165, 1.54) is 12.1 Å². The van der Waals surface area contributed by atoms with E-state index >= 15 is 0 Å². The Morgan fingerprint density at radius 1 is 1.48 bits per heavy atom. The normalized spacial score (nSPS) is 11.6. The zero-order valence-corrected chi connectivity index (χ0v) is 12.5. The van der Waals surface area contributed by atoms with Crippen molar-refractivity contribution in [2.75, 3.05) is 5.73 Å². The van der Waals surface area contributed by atoms with E-state index < -0.39 is 17.3 Å². The van der Waals surface area contributed by atoms with E-state index in [1.54, 1.807) is 19.9 Å². The van der Waals surface area contributed by atoms with Crippen molar-refractivity contribution in [2.24, 2.45) is 5.73 Å². The highest BCUT2D eigenvalue weighted by molar-refractivity contribution is 7.18. The highest BCUT2D eigenvalue weighted by atomic mass is 32.1. The molecule has 0 aliphatic heterocycles. The fraction of sp³-hybridized carbons (Fsp3) is 0.286. The summed E-state index contributed by atoms with van der Waals surface area (Å²) in [4.78, 5) is 15.1. The van der Waals surface area contributed by atoms with Crippen molar-refractivity contribution in [1.29, 1.82) is 0 Å². The Morgan fingerprint density at radius 2 is 2.14 bits per heavy atom. The number of hydrogen-bond acceptors (Lipinski definition) is 5. The summed E-state index contributed by atoms with van der Waals surface area (Å²) in [6.07, 6.45) is -0.0777. The predicted molar refractivity (Wildman–Crippen MR) is 80.1 cm³/mol. The minimum absolute atomic E-state index is 0.0777. The lowest BCUT2D eigenvalue weighted by molar-refractivity contribution is -0.117. The molecule has 0 saturated carbocycles. The molecule has 0 spiro atoms. The fourth-order valence-electron chi connectivity index (χ4n) is 1.84. The van der Waals surface area contributed by atoms with E-state index in [2.05, 4.69) is 4.98 Å². The number of primary amides is 1. The predicted octanol–water partition coefficient (Wildman–Crippen LogP) is 1.79. The van der Waals surface area contributed by atoms with Crippen LogP contribution in [0.15, 0.2) is 18.2 Å². The lowest BCUT2D eigenvalue weighted by atomic mass is 9.97. The molecule has 0 unspecified atom stereocenters. The zero-order chi connectivity index (χ0) is 15.8. The number of aliphatic hydroxyl groups is 1. The molecular formula is C14H16FN3O2S. The Kier molecular flexibility index (Phi) is 3.97. The molecule has 7 heteroatoms. The number of halogens is 1. The molecule has 0 aliphatic rings. The van der Waals surface area contributed by atoms with E-state index in [1.807, 2.05) is 0 Å². The smallest absolute Gasteiger partial charge is 0.223 e. The third kappa shape index (κ3) is 3.37. The molecule has 0 bridgehead atoms. The molecule has 0 saturated heterocycles. The van der Waals surface area contributed by atoms with Gasteiger partial charge in [0.15, 0.2) is 0 Å². The van der Waals surface area contributed by atoms with Crippen LogP contribution >= 0.6 is 11.3 Å². The van der Waals surface area contributed by atoms with Gasteiger partial charge < -0.3 is 16.6 Å². The molecule has 0 aliphatic carbocycles. The summed E-state index contributed by atoms with van der Waals surface area (Å²) < 4.78 is 14.2. The van der Waals surface area contributed by atoms with E-state index in [9.17, 15) is 14.3 Å². The molecule has 2 rings (SSSR count). The number of nitrogen functional groups attached to an aromatic ring is 1. The number of amides is 1. The molecule has 0 fully saturated rings. The molecule has 5 nitrogen and oxygen atoms in total. The molecule has 1 aromatic heterocycles. The molecule has 0 atom stereocenters. The van der Waals surface area contributed by atoms with Gasteiger partial charge in [-0.1, -0.05) is 17.4 Å². The first-order valence-corrected chi connectivity index (χ1v) is 7.06. The highest BCUT2D eigenvalue weighted by Gasteiger charge is 2.20. The van der Waals surface area contributed by atoms with Crippen LogP contribution in [0.1, 0.15) is 25.1 Å². The minimum atomic E-state index is -1.13. The molecule has 0 radical (unpaired) electrons. The third-order valence-corrected chi connectivity index (χ3v) is 3.94. The van der Waals surface area contributed by atoms with Crippen LogP contribution < -0.4 is 11.5 Å². The van der Waals surface area contributed by atoms with Gasteiger partial charge >= 0.3 is 0 Å². The van der Waals surface area contributed by atoms with Crippen molar-refractivity contribution in [3.05, 3.63) is 35.3 Å². The summed E-state index contributed by atoms with van der Waals surface area (Å²) in [5.74, 6) is -1.05. The van der Waals surface area contributed by atoms with Gasteiger partial charge in [-0.2, -0.15) is 0 Å². The third-order valence-electron chi connectivity index (χ3n) is 2.98. The Morgan fingerprint density at radius 3 is 2.67 bits per heavy atom. The van der Waals surface area contributed by atoms with E-state index in [-0.39, 0.29) is 12.0 Å². The maximum atomic E-state index is 14.2. The number of thiazole rings is 1. The Bertz CT molecular complexity index is 692. The summed E-state index contributed by atoms with van der Waals surface area (Å²) in [5.41, 5.74) is 10.8. The Balaban J connectivity index is 2.41. The maximum absolute atomic E-state index is 14.2. The average Bonchev–Trinajstić information content (AvgIpc) is 2.68. The quantitative estimate of drug-likeness (QED) is 0.801. The van der Waals surface area contributed by atoms with Gasteiger partial charge in [-0.25, -0.2) is 9.37 Å². The number of rotatable bonds is 4. The Labute approximate surface area is 125 Å². The van der Waals surface area contributed by atoms with Crippen molar-refractivity contribution in [1.82, 2.24) is 4.98 Å². The number of anilines is 1. The molecule has 1 heterocycles. The summed E-state index contributed by atoms with van der Waals surface area (Å²) in [6, 6.07) is 4.43. The van der Waals surface area contributed by atoms with Crippen LogP contribution in [0.5, 0.6) is 0 Å². The van der Waals surface area contributed by atoms with Crippen LogP contribution in [0, 0.1) is 5.82 Å². The van der Waals surface area contributed by atoms with Crippen molar-refractivity contribution in [2.45, 2.75) is 25.9 Å². The van der Waals surface area contributed by atoms with Crippen molar-refractivity contribution in [3.8, 4) is 10.6 Å². The zero-order valence-electron chi connectivity index (χ0n) is 11.7. The second-order valence-corrected chi connectivity index (χ2v) is 6.26. The lowest BCUT2D eigenvalue weighted by Gasteiger charge is -2.18. The molecule has 5 N–H and O–H groups in total. The summed E-state index contributed by atoms with van der Waals surface area (Å²) in [7, 11) is 0. The van der Waals surface area contributed by atoms with Gasteiger partial charge in [-0.3, -0.25) is 4.79 Å². The lowest BCUT2D eigenvalue weighted by Crippen LogP contribution is -2.15. The second-order valence-electron chi connectivity index (χ2n) is 5.23. The SMILES string of the molecule is CC(C)(O)c1ccc(-c2nc(CC(N)=O)c(N)s2)c(F)c1. The minimum Gasteiger partial charge on any atom is -0.389 e. The fourth-order valence-corrected chi connectivity index (χ4v) is 2.71. The van der Waals surface area contributed by atoms with Gasteiger partial charge in [-0.05, 0) is 31.5 Å². The van der Waals surface area contributed by atoms with Crippen LogP contribution in [0.25, 0.3) is 10.6 Å². The number of carbonyl (C=O) groups excluding carboxylic acids is 1. The molecular weight excluding hydrogens is 293 g/mol. The number of hydrogen-bond donors (Lipinski definition) is 3. The largest absolute Gasteiger partial charge is 0.389 e. The van der Waals surface area contributed by atoms with Crippen molar-refractivity contribution >= 4 is 22.2 Å². The van der Waals surface area contributed by atoms with Crippen LogP contribution in [-0.2, 0) is 16.8 Å². The molecule has 21 heavy (non-hydrogen) atoms. The van der Waals surface area contributed by atoms with Crippen molar-refractivity contribution < 1.29 is 14.3 Å². The van der Waals surface area contributed by atoms with Gasteiger partial charge in [0.2, 0.25) is 5.91 Å². The number of aromatic nitrogens is 1.